The number of fused-ring (bicyclic) bond motifs is 2. The molecule has 3 aromatic rings. The van der Waals surface area contributed by atoms with E-state index in [1.807, 2.05) is 31.2 Å². The van der Waals surface area contributed by atoms with Crippen molar-refractivity contribution in [1.82, 2.24) is 13.1 Å². The number of anilines is 1. The van der Waals surface area contributed by atoms with Gasteiger partial charge < -0.3 is 4.90 Å². The minimum absolute atomic E-state index is 0.0104. The lowest BCUT2D eigenvalue weighted by molar-refractivity contribution is -0.121. The third-order valence-corrected chi connectivity index (χ3v) is 8.25. The van der Waals surface area contributed by atoms with Gasteiger partial charge in [0.25, 0.3) is 0 Å². The predicted molar refractivity (Wildman–Crippen MR) is 111 cm³/mol. The Balaban J connectivity index is 1.52. The smallest absolute Gasteiger partial charge is 0.246 e. The van der Waals surface area contributed by atoms with E-state index >= 15 is 0 Å². The zero-order chi connectivity index (χ0) is 20.2. The van der Waals surface area contributed by atoms with Gasteiger partial charge in [0.15, 0.2) is 0 Å². The first kappa shape index (κ1) is 18.7. The molecule has 0 radical (unpaired) electrons. The Hall–Kier alpha value is -2.36. The van der Waals surface area contributed by atoms with Crippen LogP contribution in [0.3, 0.4) is 0 Å². The van der Waals surface area contributed by atoms with E-state index in [0.29, 0.717) is 30.4 Å². The molecule has 1 amide bonds. The number of amides is 1. The van der Waals surface area contributed by atoms with E-state index in [4.69, 9.17) is 0 Å². The first-order valence-corrected chi connectivity index (χ1v) is 11.8. The van der Waals surface area contributed by atoms with Gasteiger partial charge in [-0.2, -0.15) is 13.1 Å². The van der Waals surface area contributed by atoms with Gasteiger partial charge in [-0.3, -0.25) is 4.79 Å². The average Bonchev–Trinajstić information content (AvgIpc) is 3.44. The Morgan fingerprint density at radius 2 is 1.97 bits per heavy atom. The lowest BCUT2D eigenvalue weighted by Crippen LogP contribution is -2.49. The first-order valence-electron chi connectivity index (χ1n) is 9.62. The van der Waals surface area contributed by atoms with Crippen LogP contribution in [0.2, 0.25) is 0 Å². The summed E-state index contributed by atoms with van der Waals surface area (Å²) < 4.78 is 36.7. The van der Waals surface area contributed by atoms with Crippen LogP contribution in [0.5, 0.6) is 0 Å². The van der Waals surface area contributed by atoms with Crippen molar-refractivity contribution in [3.63, 3.8) is 0 Å². The van der Waals surface area contributed by atoms with E-state index in [2.05, 4.69) is 8.75 Å². The number of hydrogen-bond acceptors (Lipinski definition) is 6. The largest absolute Gasteiger partial charge is 0.308 e. The average molecular weight is 429 g/mol. The van der Waals surface area contributed by atoms with E-state index < -0.39 is 16.1 Å². The minimum Gasteiger partial charge on any atom is -0.308 e. The second-order valence-corrected chi connectivity index (χ2v) is 9.94. The van der Waals surface area contributed by atoms with Crippen molar-refractivity contribution in [3.8, 4) is 0 Å². The normalized spacial score (nSPS) is 22.3. The number of nitrogens with zero attached hydrogens (tertiary/aromatic N) is 4. The Kier molecular flexibility index (Phi) is 4.41. The van der Waals surface area contributed by atoms with Gasteiger partial charge in [0.05, 0.1) is 11.7 Å². The van der Waals surface area contributed by atoms with Gasteiger partial charge in [-0.1, -0.05) is 24.3 Å². The highest BCUT2D eigenvalue weighted by Crippen LogP contribution is 2.36. The molecule has 3 heterocycles. The summed E-state index contributed by atoms with van der Waals surface area (Å²) >= 11 is 0.988. The highest BCUT2D eigenvalue weighted by atomic mass is 32.2. The van der Waals surface area contributed by atoms with Crippen LogP contribution < -0.4 is 4.90 Å². The van der Waals surface area contributed by atoms with E-state index in [1.165, 1.54) is 4.31 Å². The summed E-state index contributed by atoms with van der Waals surface area (Å²) in [6.07, 6.45) is 1.96. The molecule has 2 aliphatic rings. The molecule has 2 aliphatic heterocycles. The van der Waals surface area contributed by atoms with Gasteiger partial charge in [0.2, 0.25) is 15.9 Å². The van der Waals surface area contributed by atoms with Crippen LogP contribution in [0.25, 0.3) is 11.0 Å². The molecule has 2 atom stereocenters. The van der Waals surface area contributed by atoms with Crippen molar-refractivity contribution in [1.29, 1.82) is 0 Å². The van der Waals surface area contributed by atoms with Crippen LogP contribution in [-0.2, 0) is 21.2 Å². The van der Waals surface area contributed by atoms with Crippen LogP contribution >= 0.6 is 11.7 Å². The maximum Gasteiger partial charge on any atom is 0.246 e. The Morgan fingerprint density at radius 3 is 2.83 bits per heavy atom. The number of rotatable bonds is 3. The zero-order valence-electron chi connectivity index (χ0n) is 15.9. The molecule has 2 aromatic carbocycles. The molecule has 7 nitrogen and oxygen atoms in total. The molecule has 1 fully saturated rings. The molecule has 5 rings (SSSR count). The van der Waals surface area contributed by atoms with Crippen LogP contribution in [0.4, 0.5) is 5.69 Å². The quantitative estimate of drug-likeness (QED) is 0.641. The third kappa shape index (κ3) is 2.87. The molecular formula is C20H20N4O3S2. The van der Waals surface area contributed by atoms with Crippen LogP contribution in [0, 0.1) is 0 Å². The summed E-state index contributed by atoms with van der Waals surface area (Å²) in [5.41, 5.74) is 2.94. The Bertz CT molecular complexity index is 1210. The number of aromatic nitrogens is 2. The maximum absolute atomic E-state index is 13.5. The van der Waals surface area contributed by atoms with Crippen molar-refractivity contribution >= 4 is 44.4 Å². The van der Waals surface area contributed by atoms with Gasteiger partial charge >= 0.3 is 0 Å². The standard InChI is InChI=1S/C20H20N4O3S2/c1-13-12-14-6-2-3-8-16(14)24(13)20(25)17-9-5-11-23(17)29(26,27)18-10-4-7-15-19(18)22-28-21-15/h2-4,6-8,10,13,17H,5,9,11-12H2,1H3/t13-,17-/m0/s1. The fourth-order valence-electron chi connectivity index (χ4n) is 4.45. The van der Waals surface area contributed by atoms with E-state index in [0.717, 1.165) is 29.4 Å². The molecule has 0 unspecified atom stereocenters. The molecule has 1 aromatic heterocycles. The maximum atomic E-state index is 13.5. The minimum atomic E-state index is -3.86. The topological polar surface area (TPSA) is 83.5 Å². The summed E-state index contributed by atoms with van der Waals surface area (Å²) in [4.78, 5) is 15.4. The number of benzene rings is 2. The van der Waals surface area contributed by atoms with Gasteiger partial charge in [-0.25, -0.2) is 8.42 Å². The molecule has 150 valence electrons. The third-order valence-electron chi connectivity index (χ3n) is 5.77. The second kappa shape index (κ2) is 6.86. The van der Waals surface area contributed by atoms with Gasteiger partial charge in [-0.05, 0) is 49.9 Å². The molecular weight excluding hydrogens is 408 g/mol. The molecule has 0 spiro atoms. The molecule has 0 bridgehead atoms. The van der Waals surface area contributed by atoms with Crippen molar-refractivity contribution < 1.29 is 13.2 Å². The number of para-hydroxylation sites is 1. The zero-order valence-corrected chi connectivity index (χ0v) is 17.5. The SMILES string of the molecule is C[C@H]1Cc2ccccc2N1C(=O)[C@@H]1CCCN1S(=O)(=O)c1cccc2nsnc12. The second-order valence-electron chi connectivity index (χ2n) is 7.55. The molecule has 9 heteroatoms. The number of carbonyl (C=O) groups excluding carboxylic acids is 1. The fraction of sp³-hybridized carbons (Fsp3) is 0.350. The van der Waals surface area contributed by atoms with Crippen molar-refractivity contribution in [2.75, 3.05) is 11.4 Å². The Morgan fingerprint density at radius 1 is 1.14 bits per heavy atom. The van der Waals surface area contributed by atoms with Crippen LogP contribution in [0.15, 0.2) is 47.4 Å². The summed E-state index contributed by atoms with van der Waals surface area (Å²) in [7, 11) is -3.86. The molecule has 29 heavy (non-hydrogen) atoms. The summed E-state index contributed by atoms with van der Waals surface area (Å²) in [5.74, 6) is -0.146. The van der Waals surface area contributed by atoms with Crippen LogP contribution in [0.1, 0.15) is 25.3 Å². The molecule has 0 aliphatic carbocycles. The monoisotopic (exact) mass is 428 g/mol. The first-order chi connectivity index (χ1) is 14.0. The van der Waals surface area contributed by atoms with E-state index in [1.54, 1.807) is 23.1 Å². The fourth-order valence-corrected chi connectivity index (χ4v) is 6.86. The summed E-state index contributed by atoms with van der Waals surface area (Å²) in [6.45, 7) is 2.34. The molecule has 0 N–H and O–H groups in total. The lowest BCUT2D eigenvalue weighted by atomic mass is 10.1. The van der Waals surface area contributed by atoms with Gasteiger partial charge in [0, 0.05) is 18.3 Å². The van der Waals surface area contributed by atoms with E-state index in [-0.39, 0.29) is 16.8 Å². The summed E-state index contributed by atoms with van der Waals surface area (Å²) in [6, 6.07) is 12.1. The van der Waals surface area contributed by atoms with Crippen molar-refractivity contribution in [3.05, 3.63) is 48.0 Å². The predicted octanol–water partition coefficient (Wildman–Crippen LogP) is 2.82. The summed E-state index contributed by atoms with van der Waals surface area (Å²) in [5, 5.41) is 0. The van der Waals surface area contributed by atoms with Crippen molar-refractivity contribution in [2.45, 2.75) is 43.2 Å². The Labute approximate surface area is 173 Å². The van der Waals surface area contributed by atoms with Crippen molar-refractivity contribution in [2.24, 2.45) is 0 Å². The highest BCUT2D eigenvalue weighted by Gasteiger charge is 2.44. The van der Waals surface area contributed by atoms with Gasteiger partial charge in [-0.15, -0.1) is 0 Å². The van der Waals surface area contributed by atoms with Gasteiger partial charge in [0.1, 0.15) is 22.0 Å². The van der Waals surface area contributed by atoms with Crippen LogP contribution in [-0.4, -0.2) is 46.0 Å². The molecule has 0 saturated carbocycles. The highest BCUT2D eigenvalue weighted by molar-refractivity contribution is 7.89. The number of carbonyl (C=O) groups is 1. The number of sulfonamides is 1. The lowest BCUT2D eigenvalue weighted by Gasteiger charge is -2.30. The van der Waals surface area contributed by atoms with E-state index in [9.17, 15) is 13.2 Å². The number of hydrogen-bond donors (Lipinski definition) is 0. The molecule has 1 saturated heterocycles.